The predicted octanol–water partition coefficient (Wildman–Crippen LogP) is 4.65. The second kappa shape index (κ2) is 7.79. The molecule has 0 spiro atoms. The molecule has 0 aromatic carbocycles. The molecule has 0 unspecified atom stereocenters. The molecule has 2 heterocycles. The summed E-state index contributed by atoms with van der Waals surface area (Å²) in [6.45, 7) is 18.7. The SMILES string of the molecule is CCCN(CC)P(=NC(C)(C)C)(N1CCCC1)N1CCCC1. The zero-order valence-electron chi connectivity index (χ0n) is 15.5. The molecule has 0 atom stereocenters. The third kappa shape index (κ3) is 3.95. The van der Waals surface area contributed by atoms with Crippen LogP contribution < -0.4 is 0 Å². The molecule has 22 heavy (non-hydrogen) atoms. The van der Waals surface area contributed by atoms with Crippen LogP contribution >= 0.6 is 7.51 Å². The van der Waals surface area contributed by atoms with E-state index < -0.39 is 7.51 Å². The molecule has 2 rings (SSSR count). The topological polar surface area (TPSA) is 22.1 Å². The van der Waals surface area contributed by atoms with E-state index >= 15 is 0 Å². The Balaban J connectivity index is 2.53. The van der Waals surface area contributed by atoms with Gasteiger partial charge in [-0.25, -0.2) is 14.0 Å². The van der Waals surface area contributed by atoms with Gasteiger partial charge in [0.25, 0.3) is 0 Å². The van der Waals surface area contributed by atoms with Crippen molar-refractivity contribution in [3.8, 4) is 0 Å². The number of hydrogen-bond donors (Lipinski definition) is 0. The smallest absolute Gasteiger partial charge is 0.168 e. The molecule has 0 aromatic rings. The molecule has 2 saturated heterocycles. The highest BCUT2D eigenvalue weighted by Crippen LogP contribution is 2.63. The van der Waals surface area contributed by atoms with Crippen molar-refractivity contribution in [2.45, 2.75) is 72.3 Å². The van der Waals surface area contributed by atoms with Gasteiger partial charge in [-0.2, -0.15) is 0 Å². The van der Waals surface area contributed by atoms with Gasteiger partial charge in [-0.15, -0.1) is 0 Å². The zero-order valence-corrected chi connectivity index (χ0v) is 16.4. The molecule has 2 aliphatic rings. The molecular weight excluding hydrogens is 291 g/mol. The standard InChI is InChI=1S/C17H37N4P/c1-6-12-19(7-2)22(18-17(3,4)5,20-13-8-9-14-20)21-15-10-11-16-21/h6-16H2,1-5H3. The van der Waals surface area contributed by atoms with Gasteiger partial charge in [0.2, 0.25) is 0 Å². The van der Waals surface area contributed by atoms with Crippen LogP contribution in [0.5, 0.6) is 0 Å². The van der Waals surface area contributed by atoms with Gasteiger partial charge in [0.1, 0.15) is 0 Å². The third-order valence-electron chi connectivity index (χ3n) is 4.58. The van der Waals surface area contributed by atoms with Gasteiger partial charge in [0.15, 0.2) is 7.51 Å². The first kappa shape index (κ1) is 18.4. The summed E-state index contributed by atoms with van der Waals surface area (Å²) in [6, 6.07) is 0. The van der Waals surface area contributed by atoms with Crippen LogP contribution in [0.1, 0.15) is 66.7 Å². The quantitative estimate of drug-likeness (QED) is 0.662. The van der Waals surface area contributed by atoms with E-state index in [4.69, 9.17) is 4.74 Å². The lowest BCUT2D eigenvalue weighted by atomic mass is 10.1. The van der Waals surface area contributed by atoms with E-state index in [0.717, 1.165) is 6.54 Å². The van der Waals surface area contributed by atoms with Crippen LogP contribution in [0.4, 0.5) is 0 Å². The molecular formula is C17H37N4P. The van der Waals surface area contributed by atoms with Gasteiger partial charge in [0, 0.05) is 39.3 Å². The van der Waals surface area contributed by atoms with Crippen LogP contribution in [0.15, 0.2) is 4.74 Å². The Labute approximate surface area is 138 Å². The summed E-state index contributed by atoms with van der Waals surface area (Å²) in [5, 5.41) is 0. The van der Waals surface area contributed by atoms with Crippen molar-refractivity contribution >= 4 is 7.51 Å². The van der Waals surface area contributed by atoms with Gasteiger partial charge in [-0.05, 0) is 52.9 Å². The van der Waals surface area contributed by atoms with Crippen molar-refractivity contribution in [1.82, 2.24) is 14.0 Å². The Hall–Kier alpha value is 0.110. The molecule has 0 aliphatic carbocycles. The molecule has 0 amide bonds. The zero-order chi connectivity index (χ0) is 16.2. The van der Waals surface area contributed by atoms with Crippen molar-refractivity contribution in [2.75, 3.05) is 39.3 Å². The summed E-state index contributed by atoms with van der Waals surface area (Å²) in [6.07, 6.45) is 6.60. The Kier molecular flexibility index (Phi) is 6.53. The largest absolute Gasteiger partial charge is 0.255 e. The van der Waals surface area contributed by atoms with Gasteiger partial charge < -0.3 is 0 Å². The molecule has 2 aliphatic heterocycles. The van der Waals surface area contributed by atoms with E-state index in [9.17, 15) is 0 Å². The van der Waals surface area contributed by atoms with E-state index in [-0.39, 0.29) is 5.54 Å². The number of rotatable bonds is 6. The molecule has 0 bridgehead atoms. The number of hydrogen-bond acceptors (Lipinski definition) is 1. The van der Waals surface area contributed by atoms with E-state index in [1.807, 2.05) is 0 Å². The average molecular weight is 328 g/mol. The first-order valence-corrected chi connectivity index (χ1v) is 10.9. The molecule has 2 fully saturated rings. The van der Waals surface area contributed by atoms with Crippen LogP contribution in [0.25, 0.3) is 0 Å². The van der Waals surface area contributed by atoms with Crippen molar-refractivity contribution in [3.63, 3.8) is 0 Å². The highest BCUT2D eigenvalue weighted by atomic mass is 31.2. The maximum absolute atomic E-state index is 5.58. The Bertz CT molecular complexity index is 370. The lowest BCUT2D eigenvalue weighted by molar-refractivity contribution is 0.349. The molecule has 0 aromatic heterocycles. The highest BCUT2D eigenvalue weighted by molar-refractivity contribution is 7.59. The summed E-state index contributed by atoms with van der Waals surface area (Å²) < 4.78 is 13.9. The maximum Gasteiger partial charge on any atom is 0.168 e. The fourth-order valence-corrected chi connectivity index (χ4v) is 8.55. The predicted molar refractivity (Wildman–Crippen MR) is 98.3 cm³/mol. The molecule has 0 N–H and O–H groups in total. The van der Waals surface area contributed by atoms with Gasteiger partial charge in [-0.1, -0.05) is 13.8 Å². The van der Waals surface area contributed by atoms with Crippen molar-refractivity contribution < 1.29 is 0 Å². The Morgan fingerprint density at radius 3 is 1.68 bits per heavy atom. The van der Waals surface area contributed by atoms with Crippen molar-refractivity contribution in [3.05, 3.63) is 0 Å². The Morgan fingerprint density at radius 1 is 0.909 bits per heavy atom. The van der Waals surface area contributed by atoms with Gasteiger partial charge in [-0.3, -0.25) is 4.74 Å². The van der Waals surface area contributed by atoms with E-state index in [0.29, 0.717) is 0 Å². The normalized spacial score (nSPS) is 21.9. The minimum atomic E-state index is -1.71. The van der Waals surface area contributed by atoms with E-state index in [1.165, 1.54) is 64.8 Å². The monoisotopic (exact) mass is 328 g/mol. The molecule has 5 heteroatoms. The van der Waals surface area contributed by atoms with Crippen LogP contribution in [-0.4, -0.2) is 58.8 Å². The van der Waals surface area contributed by atoms with Crippen molar-refractivity contribution in [2.24, 2.45) is 4.74 Å². The molecule has 0 saturated carbocycles. The lowest BCUT2D eigenvalue weighted by Gasteiger charge is -2.48. The van der Waals surface area contributed by atoms with E-state index in [1.54, 1.807) is 0 Å². The summed E-state index contributed by atoms with van der Waals surface area (Å²) in [5.41, 5.74) is 0.0279. The van der Waals surface area contributed by atoms with Crippen LogP contribution in [0.2, 0.25) is 0 Å². The number of nitrogens with zero attached hydrogens (tertiary/aromatic N) is 4. The molecule has 0 radical (unpaired) electrons. The van der Waals surface area contributed by atoms with E-state index in [2.05, 4.69) is 48.6 Å². The summed E-state index contributed by atoms with van der Waals surface area (Å²) >= 11 is 0. The van der Waals surface area contributed by atoms with Crippen LogP contribution in [-0.2, 0) is 0 Å². The van der Waals surface area contributed by atoms with Crippen LogP contribution in [0.3, 0.4) is 0 Å². The lowest BCUT2D eigenvalue weighted by Crippen LogP contribution is -2.40. The van der Waals surface area contributed by atoms with Crippen LogP contribution in [0, 0.1) is 0 Å². The fraction of sp³-hybridized carbons (Fsp3) is 1.00. The molecule has 130 valence electrons. The first-order chi connectivity index (χ1) is 10.4. The van der Waals surface area contributed by atoms with Gasteiger partial charge in [0.05, 0.1) is 5.54 Å². The summed E-state index contributed by atoms with van der Waals surface area (Å²) in [7, 11) is -1.71. The Morgan fingerprint density at radius 2 is 1.36 bits per heavy atom. The second-order valence-corrected chi connectivity index (χ2v) is 10.6. The summed E-state index contributed by atoms with van der Waals surface area (Å²) in [5.74, 6) is 0. The summed E-state index contributed by atoms with van der Waals surface area (Å²) in [4.78, 5) is 0. The minimum Gasteiger partial charge on any atom is -0.255 e. The fourth-order valence-electron chi connectivity index (χ4n) is 3.81. The first-order valence-electron chi connectivity index (χ1n) is 9.34. The molecule has 4 nitrogen and oxygen atoms in total. The maximum atomic E-state index is 5.58. The third-order valence-corrected chi connectivity index (χ3v) is 9.01. The van der Waals surface area contributed by atoms with Crippen molar-refractivity contribution in [1.29, 1.82) is 0 Å². The minimum absolute atomic E-state index is 0.0279. The average Bonchev–Trinajstić information content (AvgIpc) is 3.13. The van der Waals surface area contributed by atoms with Gasteiger partial charge >= 0.3 is 0 Å². The highest BCUT2D eigenvalue weighted by Gasteiger charge is 2.42. The second-order valence-electron chi connectivity index (χ2n) is 7.68.